The van der Waals surface area contributed by atoms with Crippen LogP contribution in [0.25, 0.3) is 0 Å². The topological polar surface area (TPSA) is 101 Å². The van der Waals surface area contributed by atoms with Crippen LogP contribution in [0, 0.1) is 0 Å². The number of nitrogens with one attached hydrogen (secondary N) is 1. The van der Waals surface area contributed by atoms with E-state index in [-0.39, 0.29) is 16.7 Å². The highest BCUT2D eigenvalue weighted by Crippen LogP contribution is 2.18. The molecule has 18 heavy (non-hydrogen) atoms. The van der Waals surface area contributed by atoms with E-state index in [4.69, 9.17) is 22.4 Å². The monoisotopic (exact) mass is 264 g/mol. The highest BCUT2D eigenvalue weighted by atomic mass is 35.5. The van der Waals surface area contributed by atoms with Gasteiger partial charge in [-0.1, -0.05) is 11.6 Å². The summed E-state index contributed by atoms with van der Waals surface area (Å²) in [7, 11) is 0. The van der Waals surface area contributed by atoms with Crippen LogP contribution < -0.4 is 11.1 Å². The smallest absolute Gasteiger partial charge is 0.335 e. The van der Waals surface area contributed by atoms with E-state index in [0.717, 1.165) is 0 Å². The Kier molecular flexibility index (Phi) is 3.29. The van der Waals surface area contributed by atoms with Crippen molar-refractivity contribution in [3.8, 4) is 0 Å². The molecule has 1 aromatic heterocycles. The number of halogens is 1. The standard InChI is InChI=1S/C11H9ClN4O2/c12-8-5-9(16-11(13)15-8)14-7-3-1-6(2-4-7)10(17)18/h1-5H,(H,17,18)(H3,13,14,15,16). The molecule has 4 N–H and O–H groups in total. The van der Waals surface area contributed by atoms with Gasteiger partial charge in [0, 0.05) is 11.8 Å². The largest absolute Gasteiger partial charge is 0.478 e. The van der Waals surface area contributed by atoms with Crippen LogP contribution in [-0.2, 0) is 0 Å². The predicted octanol–water partition coefficient (Wildman–Crippen LogP) is 2.15. The third kappa shape index (κ3) is 2.86. The number of nitrogens with two attached hydrogens (primary N) is 1. The number of hydrogen-bond acceptors (Lipinski definition) is 5. The number of carboxylic acids is 1. The molecule has 0 spiro atoms. The number of anilines is 3. The molecule has 0 saturated heterocycles. The van der Waals surface area contributed by atoms with Gasteiger partial charge in [0.15, 0.2) is 0 Å². The number of carboxylic acid groups (broad SMARTS) is 1. The number of aromatic carboxylic acids is 1. The average molecular weight is 265 g/mol. The first-order valence-corrected chi connectivity index (χ1v) is 5.33. The van der Waals surface area contributed by atoms with Crippen LogP contribution in [0.3, 0.4) is 0 Å². The molecule has 0 unspecified atom stereocenters. The molecule has 0 bridgehead atoms. The van der Waals surface area contributed by atoms with Gasteiger partial charge in [-0.05, 0) is 24.3 Å². The Labute approximate surface area is 107 Å². The van der Waals surface area contributed by atoms with Gasteiger partial charge >= 0.3 is 5.97 Å². The molecule has 7 heteroatoms. The Morgan fingerprint density at radius 3 is 2.50 bits per heavy atom. The van der Waals surface area contributed by atoms with Crippen LogP contribution in [0.4, 0.5) is 17.5 Å². The molecule has 2 aromatic rings. The summed E-state index contributed by atoms with van der Waals surface area (Å²) in [4.78, 5) is 18.4. The Morgan fingerprint density at radius 2 is 1.94 bits per heavy atom. The normalized spacial score (nSPS) is 10.1. The number of benzene rings is 1. The number of rotatable bonds is 3. The summed E-state index contributed by atoms with van der Waals surface area (Å²) in [5.41, 5.74) is 6.34. The zero-order chi connectivity index (χ0) is 13.1. The first-order valence-electron chi connectivity index (χ1n) is 4.95. The van der Waals surface area contributed by atoms with Crippen molar-refractivity contribution in [2.24, 2.45) is 0 Å². The number of hydrogen-bond donors (Lipinski definition) is 3. The quantitative estimate of drug-likeness (QED) is 0.734. The summed E-state index contributed by atoms with van der Waals surface area (Å²) in [6, 6.07) is 7.72. The molecular formula is C11H9ClN4O2. The maximum Gasteiger partial charge on any atom is 0.335 e. The predicted molar refractivity (Wildman–Crippen MR) is 68.1 cm³/mol. The molecule has 1 heterocycles. The van der Waals surface area contributed by atoms with E-state index in [9.17, 15) is 4.79 Å². The summed E-state index contributed by atoms with van der Waals surface area (Å²) in [6.07, 6.45) is 0. The number of carbonyl (C=O) groups is 1. The molecule has 1 aromatic carbocycles. The minimum atomic E-state index is -0.976. The van der Waals surface area contributed by atoms with E-state index in [1.165, 1.54) is 18.2 Å². The molecule has 92 valence electrons. The van der Waals surface area contributed by atoms with Crippen molar-refractivity contribution in [1.82, 2.24) is 9.97 Å². The Hall–Kier alpha value is -2.34. The van der Waals surface area contributed by atoms with Gasteiger partial charge in [-0.2, -0.15) is 4.98 Å². The molecular weight excluding hydrogens is 256 g/mol. The maximum atomic E-state index is 10.7. The van der Waals surface area contributed by atoms with Gasteiger partial charge in [0.1, 0.15) is 11.0 Å². The molecule has 0 amide bonds. The maximum absolute atomic E-state index is 10.7. The van der Waals surface area contributed by atoms with E-state index in [1.807, 2.05) is 0 Å². The molecule has 6 nitrogen and oxygen atoms in total. The molecule has 0 saturated carbocycles. The first-order chi connectivity index (χ1) is 8.54. The highest BCUT2D eigenvalue weighted by Gasteiger charge is 2.03. The molecule has 2 rings (SSSR count). The van der Waals surface area contributed by atoms with Crippen molar-refractivity contribution >= 4 is 35.0 Å². The molecule has 0 aliphatic carbocycles. The molecule has 0 radical (unpaired) electrons. The second-order valence-corrected chi connectivity index (χ2v) is 3.83. The van der Waals surface area contributed by atoms with E-state index in [0.29, 0.717) is 11.5 Å². The average Bonchev–Trinajstić information content (AvgIpc) is 2.28. The van der Waals surface area contributed by atoms with Gasteiger partial charge < -0.3 is 16.2 Å². The molecule has 0 aliphatic heterocycles. The highest BCUT2D eigenvalue weighted by molar-refractivity contribution is 6.29. The summed E-state index contributed by atoms with van der Waals surface area (Å²) in [5, 5.41) is 11.9. The zero-order valence-electron chi connectivity index (χ0n) is 9.09. The lowest BCUT2D eigenvalue weighted by Gasteiger charge is -2.06. The summed E-state index contributed by atoms with van der Waals surface area (Å²) >= 11 is 5.73. The van der Waals surface area contributed by atoms with Gasteiger partial charge in [0.2, 0.25) is 5.95 Å². The van der Waals surface area contributed by atoms with Gasteiger partial charge in [-0.15, -0.1) is 0 Å². The third-order valence-electron chi connectivity index (χ3n) is 2.12. The van der Waals surface area contributed by atoms with Crippen LogP contribution >= 0.6 is 11.6 Å². The number of aromatic nitrogens is 2. The van der Waals surface area contributed by atoms with Crippen molar-refractivity contribution in [2.45, 2.75) is 0 Å². The third-order valence-corrected chi connectivity index (χ3v) is 2.31. The Bertz CT molecular complexity index is 566. The van der Waals surface area contributed by atoms with Crippen LogP contribution in [0.1, 0.15) is 10.4 Å². The van der Waals surface area contributed by atoms with Crippen LogP contribution in [0.15, 0.2) is 30.3 Å². The summed E-state index contributed by atoms with van der Waals surface area (Å²) in [5.74, 6) is -0.474. The van der Waals surface area contributed by atoms with Gasteiger partial charge in [0.05, 0.1) is 5.56 Å². The fraction of sp³-hybridized carbons (Fsp3) is 0. The van der Waals surface area contributed by atoms with Crippen molar-refractivity contribution in [1.29, 1.82) is 0 Å². The lowest BCUT2D eigenvalue weighted by atomic mass is 10.2. The van der Waals surface area contributed by atoms with Crippen molar-refractivity contribution < 1.29 is 9.90 Å². The van der Waals surface area contributed by atoms with Gasteiger partial charge in [0.25, 0.3) is 0 Å². The molecule has 0 atom stereocenters. The van der Waals surface area contributed by atoms with Crippen molar-refractivity contribution in [2.75, 3.05) is 11.1 Å². The van der Waals surface area contributed by atoms with E-state index < -0.39 is 5.97 Å². The Morgan fingerprint density at radius 1 is 1.28 bits per heavy atom. The molecule has 0 aliphatic rings. The first kappa shape index (κ1) is 12.1. The van der Waals surface area contributed by atoms with Crippen LogP contribution in [0.5, 0.6) is 0 Å². The van der Waals surface area contributed by atoms with E-state index >= 15 is 0 Å². The van der Waals surface area contributed by atoms with Crippen molar-refractivity contribution in [3.05, 3.63) is 41.0 Å². The lowest BCUT2D eigenvalue weighted by molar-refractivity contribution is 0.0697. The number of nitrogens with zero attached hydrogens (tertiary/aromatic N) is 2. The van der Waals surface area contributed by atoms with E-state index in [2.05, 4.69) is 15.3 Å². The van der Waals surface area contributed by atoms with Gasteiger partial charge in [-0.25, -0.2) is 9.78 Å². The van der Waals surface area contributed by atoms with Crippen molar-refractivity contribution in [3.63, 3.8) is 0 Å². The minimum Gasteiger partial charge on any atom is -0.478 e. The van der Waals surface area contributed by atoms with Gasteiger partial charge in [-0.3, -0.25) is 0 Å². The van der Waals surface area contributed by atoms with E-state index in [1.54, 1.807) is 12.1 Å². The molecule has 0 fully saturated rings. The lowest BCUT2D eigenvalue weighted by Crippen LogP contribution is -2.00. The van der Waals surface area contributed by atoms with Crippen LogP contribution in [-0.4, -0.2) is 21.0 Å². The minimum absolute atomic E-state index is 0.0622. The summed E-state index contributed by atoms with van der Waals surface area (Å²) < 4.78 is 0. The summed E-state index contributed by atoms with van der Waals surface area (Å²) in [6.45, 7) is 0. The second kappa shape index (κ2) is 4.89. The zero-order valence-corrected chi connectivity index (χ0v) is 9.85. The van der Waals surface area contributed by atoms with Crippen LogP contribution in [0.2, 0.25) is 5.15 Å². The fourth-order valence-electron chi connectivity index (χ4n) is 1.34. The fourth-order valence-corrected chi connectivity index (χ4v) is 1.53. The Balaban J connectivity index is 2.20. The number of nitrogen functional groups attached to an aromatic ring is 1. The second-order valence-electron chi connectivity index (χ2n) is 3.44. The SMILES string of the molecule is Nc1nc(Cl)cc(Nc2ccc(C(=O)O)cc2)n1.